The number of hydrogen-bond acceptors (Lipinski definition) is 0. The molecule has 0 aromatic heterocycles. The average molecular weight is 218 g/mol. The summed E-state index contributed by atoms with van der Waals surface area (Å²) in [5.41, 5.74) is 0. The lowest BCUT2D eigenvalue weighted by molar-refractivity contribution is 0.942. The normalized spacial score (nSPS) is 23.6. The SMILES string of the molecule is ClC1=C(Cl)CC(Cl)(Cl)C=C1. The molecule has 0 radical (unpaired) electrons. The highest BCUT2D eigenvalue weighted by Crippen LogP contribution is 2.38. The molecule has 1 aliphatic carbocycles. The second kappa shape index (κ2) is 2.94. The largest absolute Gasteiger partial charge is 0.141 e. The van der Waals surface area contributed by atoms with Crippen molar-refractivity contribution < 1.29 is 0 Å². The lowest BCUT2D eigenvalue weighted by atomic mass is 10.2. The molecule has 0 aromatic carbocycles. The minimum Gasteiger partial charge on any atom is -0.0966 e. The van der Waals surface area contributed by atoms with Gasteiger partial charge in [0.15, 0.2) is 0 Å². The van der Waals surface area contributed by atoms with Crippen molar-refractivity contribution in [2.24, 2.45) is 0 Å². The summed E-state index contributed by atoms with van der Waals surface area (Å²) in [6.45, 7) is 0. The van der Waals surface area contributed by atoms with E-state index in [1.165, 1.54) is 0 Å². The molecule has 0 N–H and O–H groups in total. The van der Waals surface area contributed by atoms with Gasteiger partial charge in [-0.25, -0.2) is 0 Å². The Bertz CT molecular complexity index is 202. The van der Waals surface area contributed by atoms with E-state index in [-0.39, 0.29) is 0 Å². The third kappa shape index (κ3) is 2.06. The fraction of sp³-hybridized carbons (Fsp3) is 0.333. The first-order valence-corrected chi connectivity index (χ1v) is 4.14. The summed E-state index contributed by atoms with van der Waals surface area (Å²) in [5.74, 6) is 0. The summed E-state index contributed by atoms with van der Waals surface area (Å²) in [4.78, 5) is 0. The molecule has 0 saturated carbocycles. The van der Waals surface area contributed by atoms with Gasteiger partial charge in [-0.2, -0.15) is 0 Å². The smallest absolute Gasteiger partial charge is 0.0966 e. The van der Waals surface area contributed by atoms with Crippen LogP contribution in [0.5, 0.6) is 0 Å². The number of halogens is 4. The first kappa shape index (κ1) is 8.73. The second-order valence-electron chi connectivity index (χ2n) is 2.02. The fourth-order valence-electron chi connectivity index (χ4n) is 0.636. The Morgan fingerprint density at radius 2 is 1.90 bits per heavy atom. The summed E-state index contributed by atoms with van der Waals surface area (Å²) in [6.07, 6.45) is 3.60. The van der Waals surface area contributed by atoms with Gasteiger partial charge in [0.05, 0.1) is 5.03 Å². The van der Waals surface area contributed by atoms with Gasteiger partial charge in [-0.1, -0.05) is 46.4 Å². The molecule has 0 spiro atoms. The fourth-order valence-corrected chi connectivity index (χ4v) is 1.57. The third-order valence-corrected chi connectivity index (χ3v) is 2.43. The Morgan fingerprint density at radius 3 is 2.30 bits per heavy atom. The van der Waals surface area contributed by atoms with E-state index in [0.717, 1.165) is 0 Å². The highest BCUT2D eigenvalue weighted by molar-refractivity contribution is 6.51. The van der Waals surface area contributed by atoms with Gasteiger partial charge in [0.25, 0.3) is 0 Å². The van der Waals surface area contributed by atoms with E-state index in [4.69, 9.17) is 46.4 Å². The summed E-state index contributed by atoms with van der Waals surface area (Å²) < 4.78 is -0.879. The van der Waals surface area contributed by atoms with Crippen molar-refractivity contribution in [1.82, 2.24) is 0 Å². The highest BCUT2D eigenvalue weighted by atomic mass is 35.5. The molecule has 10 heavy (non-hydrogen) atoms. The number of alkyl halides is 2. The Morgan fingerprint density at radius 1 is 1.30 bits per heavy atom. The van der Waals surface area contributed by atoms with Gasteiger partial charge in [0, 0.05) is 11.5 Å². The number of hydrogen-bond donors (Lipinski definition) is 0. The van der Waals surface area contributed by atoms with Crippen molar-refractivity contribution in [3.8, 4) is 0 Å². The summed E-state index contributed by atoms with van der Waals surface area (Å²) in [6, 6.07) is 0. The maximum absolute atomic E-state index is 5.73. The molecule has 0 saturated heterocycles. The molecule has 1 aliphatic rings. The number of rotatable bonds is 0. The van der Waals surface area contributed by atoms with Crippen molar-refractivity contribution in [2.45, 2.75) is 10.8 Å². The predicted octanol–water partition coefficient (Wildman–Crippen LogP) is 3.81. The lowest BCUT2D eigenvalue weighted by Crippen LogP contribution is -2.11. The monoisotopic (exact) mass is 216 g/mol. The van der Waals surface area contributed by atoms with Crippen LogP contribution >= 0.6 is 46.4 Å². The van der Waals surface area contributed by atoms with Crippen molar-refractivity contribution in [2.75, 3.05) is 0 Å². The van der Waals surface area contributed by atoms with Crippen molar-refractivity contribution >= 4 is 46.4 Å². The van der Waals surface area contributed by atoms with Crippen LogP contribution in [0.15, 0.2) is 22.2 Å². The first-order valence-electron chi connectivity index (χ1n) is 2.62. The molecule has 0 bridgehead atoms. The van der Waals surface area contributed by atoms with Gasteiger partial charge in [0.1, 0.15) is 4.33 Å². The zero-order chi connectivity index (χ0) is 7.78. The van der Waals surface area contributed by atoms with Gasteiger partial charge in [-0.3, -0.25) is 0 Å². The summed E-state index contributed by atoms with van der Waals surface area (Å²) >= 11 is 22.8. The molecule has 4 heteroatoms. The van der Waals surface area contributed by atoms with Crippen LogP contribution in [0.2, 0.25) is 0 Å². The van der Waals surface area contributed by atoms with Gasteiger partial charge in [-0.05, 0) is 12.2 Å². The molecule has 0 aromatic rings. The van der Waals surface area contributed by atoms with Crippen LogP contribution in [0.25, 0.3) is 0 Å². The molecular weight excluding hydrogens is 214 g/mol. The van der Waals surface area contributed by atoms with E-state index in [1.807, 2.05) is 0 Å². The Hall–Kier alpha value is 0.640. The van der Waals surface area contributed by atoms with Gasteiger partial charge >= 0.3 is 0 Å². The highest BCUT2D eigenvalue weighted by Gasteiger charge is 2.25. The molecule has 56 valence electrons. The zero-order valence-electron chi connectivity index (χ0n) is 4.87. The van der Waals surface area contributed by atoms with E-state index >= 15 is 0 Å². The zero-order valence-corrected chi connectivity index (χ0v) is 7.90. The van der Waals surface area contributed by atoms with Gasteiger partial charge < -0.3 is 0 Å². The first-order chi connectivity index (χ1) is 4.51. The second-order valence-corrected chi connectivity index (χ2v) is 4.43. The Balaban J connectivity index is 2.85. The van der Waals surface area contributed by atoms with Crippen LogP contribution in [0, 0.1) is 0 Å². The number of allylic oxidation sites excluding steroid dienone is 4. The molecule has 1 rings (SSSR count). The lowest BCUT2D eigenvalue weighted by Gasteiger charge is -2.18. The minimum absolute atomic E-state index is 0.382. The molecule has 0 amide bonds. The van der Waals surface area contributed by atoms with Crippen LogP contribution < -0.4 is 0 Å². The molecule has 0 aliphatic heterocycles. The Labute approximate surface area is 79.4 Å². The third-order valence-electron chi connectivity index (χ3n) is 1.12. The minimum atomic E-state index is -0.879. The van der Waals surface area contributed by atoms with Gasteiger partial charge in [0.2, 0.25) is 0 Å². The summed E-state index contributed by atoms with van der Waals surface area (Å²) in [5, 5.41) is 1.02. The van der Waals surface area contributed by atoms with Crippen LogP contribution in [-0.2, 0) is 0 Å². The van der Waals surface area contributed by atoms with Crippen LogP contribution in [0.3, 0.4) is 0 Å². The van der Waals surface area contributed by atoms with Crippen molar-refractivity contribution in [3.63, 3.8) is 0 Å². The van der Waals surface area contributed by atoms with Crippen molar-refractivity contribution in [3.05, 3.63) is 22.2 Å². The summed E-state index contributed by atoms with van der Waals surface area (Å²) in [7, 11) is 0. The molecule has 0 nitrogen and oxygen atoms in total. The van der Waals surface area contributed by atoms with E-state index in [0.29, 0.717) is 16.5 Å². The van der Waals surface area contributed by atoms with Crippen LogP contribution in [0.1, 0.15) is 6.42 Å². The van der Waals surface area contributed by atoms with E-state index in [2.05, 4.69) is 0 Å². The van der Waals surface area contributed by atoms with Crippen LogP contribution in [0.4, 0.5) is 0 Å². The maximum atomic E-state index is 5.73. The average Bonchev–Trinajstić information content (AvgIpc) is 1.79. The molecular formula is C6H4Cl4. The Kier molecular flexibility index (Phi) is 2.57. The quantitative estimate of drug-likeness (QED) is 0.542. The maximum Gasteiger partial charge on any atom is 0.141 e. The van der Waals surface area contributed by atoms with Gasteiger partial charge in [-0.15, -0.1) is 0 Å². The van der Waals surface area contributed by atoms with E-state index in [1.54, 1.807) is 12.2 Å². The predicted molar refractivity (Wildman–Crippen MR) is 46.9 cm³/mol. The topological polar surface area (TPSA) is 0 Å². The van der Waals surface area contributed by atoms with E-state index in [9.17, 15) is 0 Å². The standard InChI is InChI=1S/C6H4Cl4/c7-4-1-2-6(9,10)3-5(4)8/h1-2H,3H2. The van der Waals surface area contributed by atoms with Crippen LogP contribution in [-0.4, -0.2) is 4.33 Å². The van der Waals surface area contributed by atoms with Crippen molar-refractivity contribution in [1.29, 1.82) is 0 Å². The molecule has 0 heterocycles. The molecule has 0 unspecified atom stereocenters. The molecule has 0 atom stereocenters. The van der Waals surface area contributed by atoms with E-state index < -0.39 is 4.33 Å². The molecule has 0 fully saturated rings.